The van der Waals surface area contributed by atoms with Crippen LogP contribution < -0.4 is 5.32 Å². The third-order valence-electron chi connectivity index (χ3n) is 3.15. The number of aliphatic carboxylic acids is 1. The summed E-state index contributed by atoms with van der Waals surface area (Å²) < 4.78 is 0. The molecule has 1 fully saturated rings. The van der Waals surface area contributed by atoms with Gasteiger partial charge in [0, 0.05) is 18.5 Å². The van der Waals surface area contributed by atoms with Gasteiger partial charge < -0.3 is 10.0 Å². The number of carboxylic acid groups (broad SMARTS) is 1. The lowest BCUT2D eigenvalue weighted by Crippen LogP contribution is -2.33. The zero-order chi connectivity index (χ0) is 14.0. The van der Waals surface area contributed by atoms with Gasteiger partial charge in [-0.1, -0.05) is 13.8 Å². The van der Waals surface area contributed by atoms with E-state index in [1.54, 1.807) is 0 Å². The van der Waals surface area contributed by atoms with Gasteiger partial charge in [-0.3, -0.25) is 10.1 Å². The number of thiazole rings is 1. The highest BCUT2D eigenvalue weighted by Crippen LogP contribution is 2.23. The number of carbonyl (C=O) groups excluding carboxylic acids is 1. The van der Waals surface area contributed by atoms with E-state index in [4.69, 9.17) is 5.11 Å². The Kier molecular flexibility index (Phi) is 4.04. The minimum atomic E-state index is -0.841. The predicted molar refractivity (Wildman–Crippen MR) is 72.5 cm³/mol. The average Bonchev–Trinajstić information content (AvgIpc) is 2.96. The van der Waals surface area contributed by atoms with E-state index in [-0.39, 0.29) is 12.6 Å². The van der Waals surface area contributed by atoms with Crippen LogP contribution in [-0.2, 0) is 4.79 Å². The van der Waals surface area contributed by atoms with Crippen LogP contribution in [0.3, 0.4) is 0 Å². The average molecular weight is 283 g/mol. The molecule has 2 N–H and O–H groups in total. The van der Waals surface area contributed by atoms with Gasteiger partial charge in [0.15, 0.2) is 5.13 Å². The van der Waals surface area contributed by atoms with E-state index in [1.807, 2.05) is 19.2 Å². The summed E-state index contributed by atoms with van der Waals surface area (Å²) in [6.45, 7) is 4.83. The third-order valence-corrected chi connectivity index (χ3v) is 3.93. The first-order valence-electron chi connectivity index (χ1n) is 6.21. The number of urea groups is 1. The molecule has 0 bridgehead atoms. The normalized spacial score (nSPS) is 18.9. The molecule has 1 saturated heterocycles. The SMILES string of the molecule is CC(C)c1csc(NC(=O)N2CCC(C(=O)O)C2)n1. The summed E-state index contributed by atoms with van der Waals surface area (Å²) in [6, 6.07) is -0.270. The molecule has 0 saturated carbocycles. The quantitative estimate of drug-likeness (QED) is 0.891. The number of hydrogen-bond donors (Lipinski definition) is 2. The molecule has 1 aromatic rings. The molecule has 1 aliphatic heterocycles. The van der Waals surface area contributed by atoms with E-state index in [0.717, 1.165) is 5.69 Å². The molecule has 0 aliphatic carbocycles. The number of carbonyl (C=O) groups is 2. The second-order valence-electron chi connectivity index (χ2n) is 4.93. The molecule has 19 heavy (non-hydrogen) atoms. The maximum atomic E-state index is 12.0. The lowest BCUT2D eigenvalue weighted by atomic mass is 10.1. The molecule has 6 nitrogen and oxygen atoms in total. The van der Waals surface area contributed by atoms with E-state index in [0.29, 0.717) is 24.0 Å². The minimum Gasteiger partial charge on any atom is -0.481 e. The van der Waals surface area contributed by atoms with Crippen LogP contribution in [-0.4, -0.2) is 40.1 Å². The van der Waals surface area contributed by atoms with Crippen LogP contribution in [0.5, 0.6) is 0 Å². The molecule has 7 heteroatoms. The lowest BCUT2D eigenvalue weighted by Gasteiger charge is -2.15. The molecule has 0 spiro atoms. The number of amides is 2. The first kappa shape index (κ1) is 13.8. The van der Waals surface area contributed by atoms with Gasteiger partial charge in [-0.05, 0) is 12.3 Å². The van der Waals surface area contributed by atoms with Crippen molar-refractivity contribution in [3.63, 3.8) is 0 Å². The molecule has 1 atom stereocenters. The Balaban J connectivity index is 1.92. The standard InChI is InChI=1S/C12H17N3O3S/c1-7(2)9-6-19-11(13-9)14-12(18)15-4-3-8(5-15)10(16)17/h6-8H,3-5H2,1-2H3,(H,16,17)(H,13,14,18). The monoisotopic (exact) mass is 283 g/mol. The molecule has 1 aliphatic rings. The number of aromatic nitrogens is 1. The van der Waals surface area contributed by atoms with Gasteiger partial charge in [0.25, 0.3) is 0 Å². The predicted octanol–water partition coefficient (Wildman–Crippen LogP) is 2.20. The zero-order valence-corrected chi connectivity index (χ0v) is 11.7. The van der Waals surface area contributed by atoms with Crippen LogP contribution in [0.2, 0.25) is 0 Å². The summed E-state index contributed by atoms with van der Waals surface area (Å²) in [5, 5.41) is 14.1. The summed E-state index contributed by atoms with van der Waals surface area (Å²) in [7, 11) is 0. The van der Waals surface area contributed by atoms with E-state index < -0.39 is 11.9 Å². The van der Waals surface area contributed by atoms with Gasteiger partial charge in [-0.15, -0.1) is 11.3 Å². The second kappa shape index (κ2) is 5.56. The summed E-state index contributed by atoms with van der Waals surface area (Å²) >= 11 is 1.39. The van der Waals surface area contributed by atoms with Crippen LogP contribution >= 0.6 is 11.3 Å². The molecule has 1 aromatic heterocycles. The summed E-state index contributed by atoms with van der Waals surface area (Å²) in [5.41, 5.74) is 0.949. The molecule has 2 heterocycles. The molecular formula is C12H17N3O3S. The smallest absolute Gasteiger partial charge is 0.323 e. The zero-order valence-electron chi connectivity index (χ0n) is 10.9. The fourth-order valence-corrected chi connectivity index (χ4v) is 2.79. The van der Waals surface area contributed by atoms with E-state index in [1.165, 1.54) is 16.2 Å². The van der Waals surface area contributed by atoms with Crippen molar-refractivity contribution in [2.24, 2.45) is 5.92 Å². The second-order valence-corrected chi connectivity index (χ2v) is 5.79. The Morgan fingerprint density at radius 2 is 2.32 bits per heavy atom. The number of nitrogens with zero attached hydrogens (tertiary/aromatic N) is 2. The van der Waals surface area contributed by atoms with Crippen LogP contribution in [0.15, 0.2) is 5.38 Å². The Morgan fingerprint density at radius 3 is 2.84 bits per heavy atom. The van der Waals surface area contributed by atoms with E-state index in [2.05, 4.69) is 10.3 Å². The van der Waals surface area contributed by atoms with E-state index in [9.17, 15) is 9.59 Å². The highest BCUT2D eigenvalue weighted by molar-refractivity contribution is 7.13. The Bertz CT molecular complexity index is 486. The van der Waals surface area contributed by atoms with Gasteiger partial charge >= 0.3 is 12.0 Å². The van der Waals surface area contributed by atoms with Crippen molar-refractivity contribution in [3.05, 3.63) is 11.1 Å². The van der Waals surface area contributed by atoms with Crippen molar-refractivity contribution in [2.45, 2.75) is 26.2 Å². The molecule has 2 amide bonds. The molecule has 104 valence electrons. The third kappa shape index (κ3) is 3.23. The van der Waals surface area contributed by atoms with Crippen LogP contribution in [0, 0.1) is 5.92 Å². The molecule has 0 aromatic carbocycles. The van der Waals surface area contributed by atoms with Crippen LogP contribution in [0.1, 0.15) is 31.9 Å². The fourth-order valence-electron chi connectivity index (χ4n) is 1.93. The first-order valence-corrected chi connectivity index (χ1v) is 7.09. The maximum Gasteiger partial charge on any atom is 0.323 e. The summed E-state index contributed by atoms with van der Waals surface area (Å²) in [5.74, 6) is -0.968. The minimum absolute atomic E-state index is 0.267. The van der Waals surface area contributed by atoms with Crippen molar-refractivity contribution < 1.29 is 14.7 Å². The Morgan fingerprint density at radius 1 is 1.58 bits per heavy atom. The molecule has 1 unspecified atom stereocenters. The van der Waals surface area contributed by atoms with Gasteiger partial charge in [-0.2, -0.15) is 0 Å². The number of rotatable bonds is 3. The van der Waals surface area contributed by atoms with Crippen molar-refractivity contribution in [3.8, 4) is 0 Å². The van der Waals surface area contributed by atoms with Crippen LogP contribution in [0.4, 0.5) is 9.93 Å². The number of carboxylic acids is 1. The maximum absolute atomic E-state index is 12.0. The van der Waals surface area contributed by atoms with Gasteiger partial charge in [0.05, 0.1) is 11.6 Å². The number of likely N-dealkylation sites (tertiary alicyclic amines) is 1. The highest BCUT2D eigenvalue weighted by atomic mass is 32.1. The summed E-state index contributed by atoms with van der Waals surface area (Å²) in [6.07, 6.45) is 0.512. The highest BCUT2D eigenvalue weighted by Gasteiger charge is 2.31. The van der Waals surface area contributed by atoms with E-state index >= 15 is 0 Å². The first-order chi connectivity index (χ1) is 8.97. The van der Waals surface area contributed by atoms with Crippen molar-refractivity contribution in [1.29, 1.82) is 0 Å². The van der Waals surface area contributed by atoms with Gasteiger partial charge in [-0.25, -0.2) is 9.78 Å². The molecule has 2 rings (SSSR count). The van der Waals surface area contributed by atoms with Crippen LogP contribution in [0.25, 0.3) is 0 Å². The summed E-state index contributed by atoms with van der Waals surface area (Å²) in [4.78, 5) is 28.6. The molecule has 0 radical (unpaired) electrons. The fraction of sp³-hybridized carbons (Fsp3) is 0.583. The number of anilines is 1. The van der Waals surface area contributed by atoms with Gasteiger partial charge in [0.1, 0.15) is 0 Å². The van der Waals surface area contributed by atoms with Crippen molar-refractivity contribution >= 4 is 28.5 Å². The topological polar surface area (TPSA) is 82.5 Å². The van der Waals surface area contributed by atoms with Crippen molar-refractivity contribution in [2.75, 3.05) is 18.4 Å². The van der Waals surface area contributed by atoms with Gasteiger partial charge in [0.2, 0.25) is 0 Å². The number of hydrogen-bond acceptors (Lipinski definition) is 4. The number of nitrogens with one attached hydrogen (secondary N) is 1. The largest absolute Gasteiger partial charge is 0.481 e. The van der Waals surface area contributed by atoms with Crippen molar-refractivity contribution in [1.82, 2.24) is 9.88 Å². The molecular weight excluding hydrogens is 266 g/mol. The Labute approximate surface area is 115 Å². The lowest BCUT2D eigenvalue weighted by molar-refractivity contribution is -0.141. The Hall–Kier alpha value is -1.63.